The second-order valence-corrected chi connectivity index (χ2v) is 6.08. The van der Waals surface area contributed by atoms with Crippen LogP contribution in [-0.4, -0.2) is 23.5 Å². The summed E-state index contributed by atoms with van der Waals surface area (Å²) in [4.78, 5) is 23.1. The molecule has 1 saturated carbocycles. The summed E-state index contributed by atoms with van der Waals surface area (Å²) in [6.07, 6.45) is 2.63. The molecule has 114 valence electrons. The van der Waals surface area contributed by atoms with Crippen molar-refractivity contribution in [3.05, 3.63) is 35.4 Å². The minimum Gasteiger partial charge on any atom is -0.481 e. The second-order valence-electron chi connectivity index (χ2n) is 6.08. The highest BCUT2D eigenvalue weighted by Crippen LogP contribution is 2.45. The van der Waals surface area contributed by atoms with E-state index in [4.69, 9.17) is 5.11 Å². The maximum atomic E-state index is 12.0. The molecule has 1 aliphatic carbocycles. The van der Waals surface area contributed by atoms with Gasteiger partial charge in [-0.15, -0.1) is 0 Å². The third-order valence-electron chi connectivity index (χ3n) is 4.40. The highest BCUT2D eigenvalue weighted by Gasteiger charge is 2.50. The van der Waals surface area contributed by atoms with E-state index in [-0.39, 0.29) is 18.4 Å². The molecule has 4 heteroatoms. The molecule has 0 heterocycles. The summed E-state index contributed by atoms with van der Waals surface area (Å²) < 4.78 is 0. The molecule has 1 aromatic carbocycles. The van der Waals surface area contributed by atoms with Gasteiger partial charge >= 0.3 is 5.97 Å². The Morgan fingerprint density at radius 2 is 1.90 bits per heavy atom. The Morgan fingerprint density at radius 3 is 2.38 bits per heavy atom. The normalized spacial score (nSPS) is 17.0. The molecule has 1 aromatic rings. The molecular weight excluding hydrogens is 266 g/mol. The molecule has 1 fully saturated rings. The molecule has 1 aliphatic rings. The molecule has 1 amide bonds. The maximum Gasteiger partial charge on any atom is 0.311 e. The van der Waals surface area contributed by atoms with Crippen molar-refractivity contribution in [2.24, 2.45) is 5.41 Å². The van der Waals surface area contributed by atoms with Crippen molar-refractivity contribution in [1.82, 2.24) is 5.32 Å². The average molecular weight is 289 g/mol. The van der Waals surface area contributed by atoms with E-state index >= 15 is 0 Å². The number of carboxylic acid groups (broad SMARTS) is 1. The fourth-order valence-corrected chi connectivity index (χ4v) is 2.52. The Bertz CT molecular complexity index is 517. The Kier molecular flexibility index (Phi) is 4.66. The second kappa shape index (κ2) is 6.29. The summed E-state index contributed by atoms with van der Waals surface area (Å²) in [5.41, 5.74) is 1.68. The number of hydrogen-bond donors (Lipinski definition) is 2. The van der Waals surface area contributed by atoms with Crippen molar-refractivity contribution in [2.45, 2.75) is 45.4 Å². The molecule has 1 atom stereocenters. The molecule has 0 aliphatic heterocycles. The molecule has 0 saturated heterocycles. The van der Waals surface area contributed by atoms with Crippen LogP contribution in [0.15, 0.2) is 24.3 Å². The first-order valence-corrected chi connectivity index (χ1v) is 7.53. The van der Waals surface area contributed by atoms with Gasteiger partial charge in [0.2, 0.25) is 5.91 Å². The number of hydrogen-bond acceptors (Lipinski definition) is 2. The van der Waals surface area contributed by atoms with Gasteiger partial charge in [-0.3, -0.25) is 9.59 Å². The number of carboxylic acids is 1. The van der Waals surface area contributed by atoms with E-state index in [9.17, 15) is 9.59 Å². The number of carbonyl (C=O) groups is 2. The van der Waals surface area contributed by atoms with Crippen LogP contribution < -0.4 is 5.32 Å². The standard InChI is InChI=1S/C17H23NO3/c1-3-13(14-6-4-12(2)5-7-14)10-15(19)18-11-17(8-9-17)16(20)21/h4-7,13H,3,8-11H2,1-2H3,(H,18,19)(H,20,21). The van der Waals surface area contributed by atoms with Crippen molar-refractivity contribution in [2.75, 3.05) is 6.54 Å². The number of carbonyl (C=O) groups excluding carboxylic acids is 1. The number of aryl methyl sites for hydroxylation is 1. The largest absolute Gasteiger partial charge is 0.481 e. The van der Waals surface area contributed by atoms with Crippen LogP contribution in [0, 0.1) is 12.3 Å². The summed E-state index contributed by atoms with van der Waals surface area (Å²) in [6, 6.07) is 8.24. The van der Waals surface area contributed by atoms with Crippen LogP contribution in [0.5, 0.6) is 0 Å². The monoisotopic (exact) mass is 289 g/mol. The first-order valence-electron chi connectivity index (χ1n) is 7.53. The zero-order valence-corrected chi connectivity index (χ0v) is 12.7. The Hall–Kier alpha value is -1.84. The van der Waals surface area contributed by atoms with Crippen LogP contribution in [0.25, 0.3) is 0 Å². The molecule has 21 heavy (non-hydrogen) atoms. The highest BCUT2D eigenvalue weighted by molar-refractivity contribution is 5.81. The Balaban J connectivity index is 1.88. The summed E-state index contributed by atoms with van der Waals surface area (Å²) >= 11 is 0. The number of amides is 1. The van der Waals surface area contributed by atoms with E-state index in [1.165, 1.54) is 5.56 Å². The SMILES string of the molecule is CCC(CC(=O)NCC1(C(=O)O)CC1)c1ccc(C)cc1. The van der Waals surface area contributed by atoms with E-state index in [1.54, 1.807) is 0 Å². The van der Waals surface area contributed by atoms with Gasteiger partial charge in [-0.1, -0.05) is 36.8 Å². The lowest BCUT2D eigenvalue weighted by atomic mass is 9.92. The minimum atomic E-state index is -0.798. The van der Waals surface area contributed by atoms with Crippen LogP contribution in [0.4, 0.5) is 0 Å². The van der Waals surface area contributed by atoms with Gasteiger partial charge in [0.05, 0.1) is 5.41 Å². The quantitative estimate of drug-likeness (QED) is 0.811. The zero-order chi connectivity index (χ0) is 15.5. The maximum absolute atomic E-state index is 12.0. The van der Waals surface area contributed by atoms with Gasteiger partial charge in [0.25, 0.3) is 0 Å². The van der Waals surface area contributed by atoms with Crippen LogP contribution in [0.2, 0.25) is 0 Å². The van der Waals surface area contributed by atoms with Crippen LogP contribution in [0.1, 0.15) is 49.7 Å². The predicted molar refractivity (Wildman–Crippen MR) is 81.1 cm³/mol. The summed E-state index contributed by atoms with van der Waals surface area (Å²) in [5, 5.41) is 11.9. The Labute approximate surface area is 125 Å². The molecule has 0 spiro atoms. The van der Waals surface area contributed by atoms with E-state index < -0.39 is 11.4 Å². The van der Waals surface area contributed by atoms with Gasteiger partial charge < -0.3 is 10.4 Å². The fourth-order valence-electron chi connectivity index (χ4n) is 2.52. The average Bonchev–Trinajstić information content (AvgIpc) is 3.25. The van der Waals surface area contributed by atoms with E-state index in [2.05, 4.69) is 36.5 Å². The fraction of sp³-hybridized carbons (Fsp3) is 0.529. The third-order valence-corrected chi connectivity index (χ3v) is 4.40. The number of rotatable bonds is 7. The van der Waals surface area contributed by atoms with Gasteiger partial charge in [0, 0.05) is 13.0 Å². The van der Waals surface area contributed by atoms with E-state index in [0.29, 0.717) is 19.3 Å². The van der Waals surface area contributed by atoms with Gasteiger partial charge in [0.15, 0.2) is 0 Å². The first-order chi connectivity index (χ1) is 9.97. The van der Waals surface area contributed by atoms with Crippen molar-refractivity contribution in [1.29, 1.82) is 0 Å². The number of aliphatic carboxylic acids is 1. The van der Waals surface area contributed by atoms with Crippen molar-refractivity contribution < 1.29 is 14.7 Å². The van der Waals surface area contributed by atoms with E-state index in [0.717, 1.165) is 12.0 Å². The minimum absolute atomic E-state index is 0.0602. The van der Waals surface area contributed by atoms with Gasteiger partial charge in [-0.05, 0) is 37.7 Å². The van der Waals surface area contributed by atoms with Crippen molar-refractivity contribution in [3.8, 4) is 0 Å². The van der Waals surface area contributed by atoms with E-state index in [1.807, 2.05) is 6.92 Å². The molecule has 2 N–H and O–H groups in total. The third kappa shape index (κ3) is 3.84. The van der Waals surface area contributed by atoms with Gasteiger partial charge in [0.1, 0.15) is 0 Å². The summed E-state index contributed by atoms with van der Waals surface area (Å²) in [5.74, 6) is -0.672. The van der Waals surface area contributed by atoms with Crippen LogP contribution >= 0.6 is 0 Å². The lowest BCUT2D eigenvalue weighted by molar-refractivity contribution is -0.143. The molecule has 4 nitrogen and oxygen atoms in total. The first kappa shape index (κ1) is 15.5. The van der Waals surface area contributed by atoms with Crippen LogP contribution in [0.3, 0.4) is 0 Å². The zero-order valence-electron chi connectivity index (χ0n) is 12.7. The summed E-state index contributed by atoms with van der Waals surface area (Å²) in [6.45, 7) is 4.36. The highest BCUT2D eigenvalue weighted by atomic mass is 16.4. The van der Waals surface area contributed by atoms with Crippen molar-refractivity contribution >= 4 is 11.9 Å². The molecule has 0 radical (unpaired) electrons. The van der Waals surface area contributed by atoms with Gasteiger partial charge in [-0.25, -0.2) is 0 Å². The summed E-state index contributed by atoms with van der Waals surface area (Å²) in [7, 11) is 0. The number of nitrogens with one attached hydrogen (secondary N) is 1. The smallest absolute Gasteiger partial charge is 0.311 e. The molecule has 0 aromatic heterocycles. The predicted octanol–water partition coefficient (Wildman–Crippen LogP) is 2.86. The number of benzene rings is 1. The lowest BCUT2D eigenvalue weighted by Gasteiger charge is -2.17. The Morgan fingerprint density at radius 1 is 1.29 bits per heavy atom. The topological polar surface area (TPSA) is 66.4 Å². The van der Waals surface area contributed by atoms with Crippen molar-refractivity contribution in [3.63, 3.8) is 0 Å². The van der Waals surface area contributed by atoms with Crippen LogP contribution in [-0.2, 0) is 9.59 Å². The molecule has 1 unspecified atom stereocenters. The molecule has 0 bridgehead atoms. The molecular formula is C17H23NO3. The molecule has 2 rings (SSSR count). The van der Waals surface area contributed by atoms with Gasteiger partial charge in [-0.2, -0.15) is 0 Å². The lowest BCUT2D eigenvalue weighted by Crippen LogP contribution is -2.34.